The molecule has 2 aromatic rings. The van der Waals surface area contributed by atoms with Crippen molar-refractivity contribution < 1.29 is 14.7 Å². The Hall–Kier alpha value is -2.64. The van der Waals surface area contributed by atoms with Gasteiger partial charge in [0.1, 0.15) is 0 Å². The van der Waals surface area contributed by atoms with Gasteiger partial charge in [-0.2, -0.15) is 10.2 Å². The zero-order valence-electron chi connectivity index (χ0n) is 11.4. The number of carboxylic acids is 1. The molecule has 0 aliphatic carbocycles. The molecular weight excluding hydrogens is 262 g/mol. The van der Waals surface area contributed by atoms with Gasteiger partial charge in [-0.3, -0.25) is 14.2 Å². The molecule has 1 N–H and O–H groups in total. The van der Waals surface area contributed by atoms with Crippen LogP contribution in [0.4, 0.5) is 0 Å². The first-order valence-corrected chi connectivity index (χ1v) is 5.89. The van der Waals surface area contributed by atoms with Crippen LogP contribution in [0.1, 0.15) is 26.5 Å². The monoisotopic (exact) mass is 277 g/mol. The van der Waals surface area contributed by atoms with E-state index in [2.05, 4.69) is 10.2 Å². The normalized spacial score (nSPS) is 10.6. The quantitative estimate of drug-likeness (QED) is 0.857. The van der Waals surface area contributed by atoms with Crippen molar-refractivity contribution in [3.05, 3.63) is 35.4 Å². The Morgan fingerprint density at radius 2 is 2.10 bits per heavy atom. The fourth-order valence-electron chi connectivity index (χ4n) is 1.88. The number of hydrogen-bond donors (Lipinski definition) is 1. The van der Waals surface area contributed by atoms with Gasteiger partial charge in [0.25, 0.3) is 5.91 Å². The molecule has 106 valence electrons. The molecule has 0 fully saturated rings. The van der Waals surface area contributed by atoms with Crippen LogP contribution >= 0.6 is 0 Å². The highest BCUT2D eigenvalue weighted by Crippen LogP contribution is 2.11. The van der Waals surface area contributed by atoms with Gasteiger partial charge in [0.15, 0.2) is 5.69 Å². The first-order valence-electron chi connectivity index (χ1n) is 5.89. The van der Waals surface area contributed by atoms with E-state index in [1.165, 1.54) is 15.8 Å². The van der Waals surface area contributed by atoms with Gasteiger partial charge in [-0.1, -0.05) is 0 Å². The summed E-state index contributed by atoms with van der Waals surface area (Å²) in [6.45, 7) is 0.337. The SMILES string of the molecule is CN(Cc1ccnn1C)C(=O)c1cn(C)nc1C(=O)O. The van der Waals surface area contributed by atoms with Crippen molar-refractivity contribution in [3.8, 4) is 0 Å². The Labute approximate surface area is 115 Å². The number of nitrogens with zero attached hydrogens (tertiary/aromatic N) is 5. The molecule has 0 aliphatic rings. The topological polar surface area (TPSA) is 93.3 Å². The van der Waals surface area contributed by atoms with E-state index in [0.717, 1.165) is 5.69 Å². The second-order valence-electron chi connectivity index (χ2n) is 4.48. The lowest BCUT2D eigenvalue weighted by Crippen LogP contribution is -2.28. The van der Waals surface area contributed by atoms with Crippen molar-refractivity contribution in [2.45, 2.75) is 6.54 Å². The molecule has 0 atom stereocenters. The summed E-state index contributed by atoms with van der Waals surface area (Å²) in [5.41, 5.74) is 0.681. The standard InChI is InChI=1S/C12H15N5O3/c1-15(6-8-4-5-13-17(8)3)11(18)9-7-16(2)14-10(9)12(19)20/h4-5,7H,6H2,1-3H3,(H,19,20). The number of aromatic nitrogens is 4. The number of rotatable bonds is 4. The van der Waals surface area contributed by atoms with Gasteiger partial charge >= 0.3 is 5.97 Å². The summed E-state index contributed by atoms with van der Waals surface area (Å²) >= 11 is 0. The average Bonchev–Trinajstić information content (AvgIpc) is 2.95. The first kappa shape index (κ1) is 13.8. The number of aryl methyl sites for hydroxylation is 2. The van der Waals surface area contributed by atoms with E-state index in [1.54, 1.807) is 38.1 Å². The van der Waals surface area contributed by atoms with Crippen molar-refractivity contribution in [1.82, 2.24) is 24.5 Å². The Balaban J connectivity index is 2.23. The Morgan fingerprint density at radius 1 is 1.40 bits per heavy atom. The summed E-state index contributed by atoms with van der Waals surface area (Å²) in [5.74, 6) is -1.61. The van der Waals surface area contributed by atoms with Gasteiger partial charge < -0.3 is 10.0 Å². The van der Waals surface area contributed by atoms with Gasteiger partial charge in [0, 0.05) is 33.5 Å². The molecular formula is C12H15N5O3. The lowest BCUT2D eigenvalue weighted by molar-refractivity contribution is 0.0674. The van der Waals surface area contributed by atoms with Crippen molar-refractivity contribution in [1.29, 1.82) is 0 Å². The second kappa shape index (κ2) is 5.16. The van der Waals surface area contributed by atoms with E-state index >= 15 is 0 Å². The Bertz CT molecular complexity index is 658. The number of amides is 1. The first-order chi connectivity index (χ1) is 9.40. The molecule has 0 spiro atoms. The number of carbonyl (C=O) groups excluding carboxylic acids is 1. The molecule has 1 amide bonds. The average molecular weight is 277 g/mol. The van der Waals surface area contributed by atoms with Crippen LogP contribution in [-0.4, -0.2) is 48.5 Å². The molecule has 0 bridgehead atoms. The summed E-state index contributed by atoms with van der Waals surface area (Å²) in [6.07, 6.45) is 3.05. The number of hydrogen-bond acceptors (Lipinski definition) is 4. The van der Waals surface area contributed by atoms with Crippen molar-refractivity contribution in [2.24, 2.45) is 14.1 Å². The molecule has 2 rings (SSSR count). The predicted molar refractivity (Wildman–Crippen MR) is 69.2 cm³/mol. The maximum Gasteiger partial charge on any atom is 0.357 e. The summed E-state index contributed by atoms with van der Waals surface area (Å²) in [4.78, 5) is 24.8. The minimum Gasteiger partial charge on any atom is -0.476 e. The molecule has 0 radical (unpaired) electrons. The second-order valence-corrected chi connectivity index (χ2v) is 4.48. The molecule has 0 saturated carbocycles. The van der Waals surface area contributed by atoms with Crippen LogP contribution in [0.25, 0.3) is 0 Å². The van der Waals surface area contributed by atoms with E-state index in [9.17, 15) is 9.59 Å². The minimum absolute atomic E-state index is 0.0738. The lowest BCUT2D eigenvalue weighted by Gasteiger charge is -2.16. The highest BCUT2D eigenvalue weighted by atomic mass is 16.4. The predicted octanol–water partition coefficient (Wildman–Crippen LogP) is 0.124. The van der Waals surface area contributed by atoms with E-state index < -0.39 is 11.9 Å². The number of aromatic carboxylic acids is 1. The van der Waals surface area contributed by atoms with E-state index in [1.807, 2.05) is 0 Å². The molecule has 8 heteroatoms. The summed E-state index contributed by atoms with van der Waals surface area (Å²) in [6, 6.07) is 1.80. The largest absolute Gasteiger partial charge is 0.476 e. The third kappa shape index (κ3) is 2.53. The van der Waals surface area contributed by atoms with Crippen molar-refractivity contribution in [2.75, 3.05) is 7.05 Å². The maximum absolute atomic E-state index is 12.3. The van der Waals surface area contributed by atoms with Crippen molar-refractivity contribution in [3.63, 3.8) is 0 Å². The third-order valence-corrected chi connectivity index (χ3v) is 2.93. The van der Waals surface area contributed by atoms with Crippen LogP contribution in [0.3, 0.4) is 0 Å². The molecule has 0 unspecified atom stereocenters. The van der Waals surface area contributed by atoms with E-state index in [4.69, 9.17) is 5.11 Å². The van der Waals surface area contributed by atoms with Gasteiger partial charge in [-0.25, -0.2) is 4.79 Å². The Kier molecular flexibility index (Phi) is 3.55. The zero-order valence-corrected chi connectivity index (χ0v) is 11.4. The van der Waals surface area contributed by atoms with Crippen LogP contribution < -0.4 is 0 Å². The molecule has 0 aliphatic heterocycles. The van der Waals surface area contributed by atoms with Gasteiger partial charge in [0.05, 0.1) is 17.8 Å². The fraction of sp³-hybridized carbons (Fsp3) is 0.333. The highest BCUT2D eigenvalue weighted by Gasteiger charge is 2.23. The van der Waals surface area contributed by atoms with Crippen LogP contribution in [0.2, 0.25) is 0 Å². The molecule has 2 heterocycles. The maximum atomic E-state index is 12.3. The van der Waals surface area contributed by atoms with Crippen LogP contribution in [0.15, 0.2) is 18.5 Å². The zero-order chi connectivity index (χ0) is 14.9. The lowest BCUT2D eigenvalue weighted by atomic mass is 10.2. The van der Waals surface area contributed by atoms with E-state index in [0.29, 0.717) is 6.54 Å². The summed E-state index contributed by atoms with van der Waals surface area (Å²) in [7, 11) is 4.96. The highest BCUT2D eigenvalue weighted by molar-refractivity contribution is 6.03. The summed E-state index contributed by atoms with van der Waals surface area (Å²) < 4.78 is 2.97. The molecule has 0 aromatic carbocycles. The van der Waals surface area contributed by atoms with Gasteiger partial charge in [0.2, 0.25) is 0 Å². The van der Waals surface area contributed by atoms with Crippen molar-refractivity contribution >= 4 is 11.9 Å². The number of carboxylic acid groups (broad SMARTS) is 1. The Morgan fingerprint density at radius 3 is 2.65 bits per heavy atom. The van der Waals surface area contributed by atoms with Gasteiger partial charge in [-0.05, 0) is 6.07 Å². The van der Waals surface area contributed by atoms with Gasteiger partial charge in [-0.15, -0.1) is 0 Å². The minimum atomic E-state index is -1.22. The summed E-state index contributed by atoms with van der Waals surface area (Å²) in [5, 5.41) is 16.8. The van der Waals surface area contributed by atoms with Crippen LogP contribution in [0, 0.1) is 0 Å². The van der Waals surface area contributed by atoms with Crippen LogP contribution in [-0.2, 0) is 20.6 Å². The van der Waals surface area contributed by atoms with Crippen LogP contribution in [0.5, 0.6) is 0 Å². The number of carbonyl (C=O) groups is 2. The molecule has 0 saturated heterocycles. The third-order valence-electron chi connectivity index (χ3n) is 2.93. The smallest absolute Gasteiger partial charge is 0.357 e. The molecule has 20 heavy (non-hydrogen) atoms. The molecule has 2 aromatic heterocycles. The van der Waals surface area contributed by atoms with E-state index in [-0.39, 0.29) is 11.3 Å². The molecule has 8 nitrogen and oxygen atoms in total. The fourth-order valence-corrected chi connectivity index (χ4v) is 1.88.